The third-order valence-electron chi connectivity index (χ3n) is 2.71. The first-order valence-corrected chi connectivity index (χ1v) is 6.46. The van der Waals surface area contributed by atoms with Crippen molar-refractivity contribution >= 4 is 17.8 Å². The molecule has 0 bridgehead atoms. The minimum absolute atomic E-state index is 0.242. The first-order chi connectivity index (χ1) is 10.6. The van der Waals surface area contributed by atoms with Crippen LogP contribution in [0.3, 0.4) is 0 Å². The Morgan fingerprint density at radius 1 is 1.00 bits per heavy atom. The molecule has 0 atom stereocenters. The van der Waals surface area contributed by atoms with Gasteiger partial charge in [0, 0.05) is 12.6 Å². The molecule has 0 spiro atoms. The molecule has 0 heterocycles. The summed E-state index contributed by atoms with van der Waals surface area (Å²) in [5, 5.41) is 13.9. The molecule has 0 aromatic heterocycles. The highest BCUT2D eigenvalue weighted by atomic mass is 16.6. The number of hydrogen-bond donors (Lipinski definition) is 1. The molecule has 0 fully saturated rings. The van der Waals surface area contributed by atoms with Crippen molar-refractivity contribution in [2.24, 2.45) is 5.10 Å². The van der Waals surface area contributed by atoms with E-state index in [1.807, 2.05) is 0 Å². The molecule has 22 heavy (non-hydrogen) atoms. The molecule has 112 valence electrons. The maximum Gasteiger partial charge on any atom is 0.435 e. The Morgan fingerprint density at radius 3 is 2.09 bits per heavy atom. The Morgan fingerprint density at radius 2 is 1.55 bits per heavy atom. The van der Waals surface area contributed by atoms with Gasteiger partial charge in [-0.25, -0.2) is 14.6 Å². The highest BCUT2D eigenvalue weighted by molar-refractivity contribution is 6.42. The summed E-state index contributed by atoms with van der Waals surface area (Å²) < 4.78 is 5.08. The van der Waals surface area contributed by atoms with Gasteiger partial charge in [0.2, 0.25) is 0 Å². The molecule has 0 saturated carbocycles. The highest BCUT2D eigenvalue weighted by Crippen LogP contribution is 2.10. The molecule has 1 N–H and O–H groups in total. The van der Waals surface area contributed by atoms with Crippen LogP contribution in [-0.4, -0.2) is 34.9 Å². The minimum Gasteiger partial charge on any atom is -0.476 e. The van der Waals surface area contributed by atoms with Crippen molar-refractivity contribution in [2.45, 2.75) is 0 Å². The van der Waals surface area contributed by atoms with E-state index in [-0.39, 0.29) is 5.71 Å². The van der Waals surface area contributed by atoms with E-state index < -0.39 is 12.1 Å². The molecule has 6 heteroatoms. The van der Waals surface area contributed by atoms with Crippen LogP contribution in [0.15, 0.2) is 65.8 Å². The molecule has 0 saturated heterocycles. The van der Waals surface area contributed by atoms with E-state index in [9.17, 15) is 14.7 Å². The topological polar surface area (TPSA) is 79.2 Å². The molecule has 2 aromatic rings. The van der Waals surface area contributed by atoms with E-state index in [0.717, 1.165) is 5.01 Å². The van der Waals surface area contributed by atoms with Crippen LogP contribution >= 0.6 is 0 Å². The van der Waals surface area contributed by atoms with Crippen LogP contribution in [0.1, 0.15) is 5.56 Å². The summed E-state index contributed by atoms with van der Waals surface area (Å²) in [4.78, 5) is 23.2. The van der Waals surface area contributed by atoms with Crippen molar-refractivity contribution in [2.75, 3.05) is 7.05 Å². The predicted molar refractivity (Wildman–Crippen MR) is 80.8 cm³/mol. The molecule has 0 radical (unpaired) electrons. The molecule has 2 aromatic carbocycles. The van der Waals surface area contributed by atoms with Crippen LogP contribution in [-0.2, 0) is 4.79 Å². The SMILES string of the molecule is CN(N=C(C(=O)O)c1ccccc1)C(=O)Oc1ccccc1. The van der Waals surface area contributed by atoms with E-state index in [4.69, 9.17) is 4.74 Å². The minimum atomic E-state index is -1.23. The lowest BCUT2D eigenvalue weighted by Gasteiger charge is -2.12. The fourth-order valence-electron chi connectivity index (χ4n) is 1.67. The van der Waals surface area contributed by atoms with Crippen LogP contribution in [0.5, 0.6) is 5.75 Å². The summed E-state index contributed by atoms with van der Waals surface area (Å²) in [6.45, 7) is 0. The number of rotatable bonds is 4. The number of amides is 1. The van der Waals surface area contributed by atoms with Gasteiger partial charge < -0.3 is 9.84 Å². The number of hydrazone groups is 1. The zero-order valence-electron chi connectivity index (χ0n) is 11.8. The van der Waals surface area contributed by atoms with E-state index >= 15 is 0 Å². The van der Waals surface area contributed by atoms with Crippen LogP contribution in [0.4, 0.5) is 4.79 Å². The van der Waals surface area contributed by atoms with Gasteiger partial charge in [0.05, 0.1) is 0 Å². The summed E-state index contributed by atoms with van der Waals surface area (Å²) in [6, 6.07) is 16.8. The number of carboxylic acids is 1. The normalized spacial score (nSPS) is 10.9. The zero-order valence-corrected chi connectivity index (χ0v) is 11.8. The standard InChI is InChI=1S/C16H14N2O4/c1-18(16(21)22-13-10-6-3-7-11-13)17-14(15(19)20)12-8-4-2-5-9-12/h2-11H,1H3,(H,19,20). The van der Waals surface area contributed by atoms with Crippen LogP contribution in [0, 0.1) is 0 Å². The molecular weight excluding hydrogens is 284 g/mol. The number of carbonyl (C=O) groups excluding carboxylic acids is 1. The zero-order chi connectivity index (χ0) is 15.9. The van der Waals surface area contributed by atoms with Crippen molar-refractivity contribution in [1.29, 1.82) is 0 Å². The summed E-state index contributed by atoms with van der Waals surface area (Å²) in [6.07, 6.45) is -0.777. The second-order valence-corrected chi connectivity index (χ2v) is 4.32. The number of aliphatic carboxylic acids is 1. The Bertz CT molecular complexity index is 684. The summed E-state index contributed by atoms with van der Waals surface area (Å²) in [7, 11) is 1.33. The number of carboxylic acid groups (broad SMARTS) is 1. The number of nitrogens with zero attached hydrogens (tertiary/aromatic N) is 2. The van der Waals surface area contributed by atoms with Crippen molar-refractivity contribution in [3.8, 4) is 5.75 Å². The van der Waals surface area contributed by atoms with Gasteiger partial charge in [0.25, 0.3) is 0 Å². The molecule has 0 unspecified atom stereocenters. The van der Waals surface area contributed by atoms with Gasteiger partial charge in [0.15, 0.2) is 5.71 Å². The fraction of sp³-hybridized carbons (Fsp3) is 0.0625. The number of hydrogen-bond acceptors (Lipinski definition) is 4. The van der Waals surface area contributed by atoms with Crippen molar-refractivity contribution < 1.29 is 19.4 Å². The second-order valence-electron chi connectivity index (χ2n) is 4.32. The second kappa shape index (κ2) is 7.03. The van der Waals surface area contributed by atoms with Crippen molar-refractivity contribution in [3.63, 3.8) is 0 Å². The maximum atomic E-state index is 11.9. The Kier molecular flexibility index (Phi) is 4.87. The molecule has 2 rings (SSSR count). The van der Waals surface area contributed by atoms with Gasteiger partial charge in [-0.15, -0.1) is 0 Å². The van der Waals surface area contributed by atoms with Gasteiger partial charge in [-0.2, -0.15) is 5.10 Å². The average molecular weight is 298 g/mol. The number of benzene rings is 2. The molecular formula is C16H14N2O4. The smallest absolute Gasteiger partial charge is 0.435 e. The average Bonchev–Trinajstić information content (AvgIpc) is 2.53. The van der Waals surface area contributed by atoms with Crippen molar-refractivity contribution in [1.82, 2.24) is 5.01 Å². The lowest BCUT2D eigenvalue weighted by Crippen LogP contribution is -2.28. The van der Waals surface area contributed by atoms with Crippen LogP contribution in [0.2, 0.25) is 0 Å². The molecule has 1 amide bonds. The van der Waals surface area contributed by atoms with E-state index in [1.54, 1.807) is 60.7 Å². The molecule has 0 aliphatic heterocycles. The van der Waals surface area contributed by atoms with E-state index in [0.29, 0.717) is 11.3 Å². The lowest BCUT2D eigenvalue weighted by atomic mass is 10.1. The van der Waals surface area contributed by atoms with Gasteiger partial charge >= 0.3 is 12.1 Å². The summed E-state index contributed by atoms with van der Waals surface area (Å²) in [5.74, 6) is -0.878. The van der Waals surface area contributed by atoms with Crippen LogP contribution in [0.25, 0.3) is 0 Å². The first-order valence-electron chi connectivity index (χ1n) is 6.46. The third kappa shape index (κ3) is 3.92. The van der Waals surface area contributed by atoms with Gasteiger partial charge in [-0.3, -0.25) is 0 Å². The maximum absolute atomic E-state index is 11.9. The van der Waals surface area contributed by atoms with E-state index in [2.05, 4.69) is 5.10 Å². The number of para-hydroxylation sites is 1. The first kappa shape index (κ1) is 15.2. The third-order valence-corrected chi connectivity index (χ3v) is 2.71. The Labute approximate surface area is 127 Å². The summed E-state index contributed by atoms with van der Waals surface area (Å²) in [5.41, 5.74) is 0.155. The quantitative estimate of drug-likeness (QED) is 0.695. The molecule has 0 aliphatic carbocycles. The molecule has 0 aliphatic rings. The fourth-order valence-corrected chi connectivity index (χ4v) is 1.67. The number of carbonyl (C=O) groups is 2. The Hall–Kier alpha value is -3.15. The number of ether oxygens (including phenoxy) is 1. The van der Waals surface area contributed by atoms with Gasteiger partial charge in [-0.1, -0.05) is 48.5 Å². The predicted octanol–water partition coefficient (Wildman–Crippen LogP) is 2.61. The van der Waals surface area contributed by atoms with E-state index in [1.165, 1.54) is 7.05 Å². The van der Waals surface area contributed by atoms with Crippen LogP contribution < -0.4 is 4.74 Å². The Balaban J connectivity index is 2.18. The van der Waals surface area contributed by atoms with Gasteiger partial charge in [-0.05, 0) is 12.1 Å². The lowest BCUT2D eigenvalue weighted by molar-refractivity contribution is -0.129. The van der Waals surface area contributed by atoms with Gasteiger partial charge in [0.1, 0.15) is 5.75 Å². The van der Waals surface area contributed by atoms with Crippen molar-refractivity contribution in [3.05, 3.63) is 66.2 Å². The molecule has 6 nitrogen and oxygen atoms in total. The monoisotopic (exact) mass is 298 g/mol. The summed E-state index contributed by atoms with van der Waals surface area (Å²) >= 11 is 0. The largest absolute Gasteiger partial charge is 0.476 e. The highest BCUT2D eigenvalue weighted by Gasteiger charge is 2.17.